The molecule has 94 valence electrons. The van der Waals surface area contributed by atoms with Gasteiger partial charge in [0.2, 0.25) is 0 Å². The van der Waals surface area contributed by atoms with Gasteiger partial charge in [0.1, 0.15) is 5.82 Å². The molecule has 2 atom stereocenters. The summed E-state index contributed by atoms with van der Waals surface area (Å²) in [6.45, 7) is 6.11. The maximum atomic E-state index is 13.1. The van der Waals surface area contributed by atoms with Crippen molar-refractivity contribution in [2.45, 2.75) is 33.2 Å². The van der Waals surface area contributed by atoms with E-state index in [1.165, 1.54) is 18.2 Å². The van der Waals surface area contributed by atoms with Gasteiger partial charge in [0.05, 0.1) is 5.56 Å². The van der Waals surface area contributed by atoms with Gasteiger partial charge in [0, 0.05) is 10.5 Å². The van der Waals surface area contributed by atoms with Crippen LogP contribution in [0.4, 0.5) is 4.39 Å². The highest BCUT2D eigenvalue weighted by atomic mass is 79.9. The monoisotopic (exact) mass is 301 g/mol. The van der Waals surface area contributed by atoms with Crippen LogP contribution in [-0.4, -0.2) is 11.9 Å². The average Bonchev–Trinajstić information content (AvgIpc) is 2.30. The molecule has 1 aromatic carbocycles. The lowest BCUT2D eigenvalue weighted by Crippen LogP contribution is -2.37. The molecule has 0 aromatic heterocycles. The van der Waals surface area contributed by atoms with Crippen LogP contribution in [0, 0.1) is 11.7 Å². The largest absolute Gasteiger partial charge is 0.349 e. The van der Waals surface area contributed by atoms with Gasteiger partial charge in [-0.1, -0.05) is 20.3 Å². The summed E-state index contributed by atoms with van der Waals surface area (Å²) in [6.07, 6.45) is 0.992. The minimum absolute atomic E-state index is 0.0719. The van der Waals surface area contributed by atoms with E-state index in [0.29, 0.717) is 16.0 Å². The Bertz CT molecular complexity index is 408. The molecule has 1 amide bonds. The van der Waals surface area contributed by atoms with E-state index in [-0.39, 0.29) is 11.9 Å². The van der Waals surface area contributed by atoms with Crippen molar-refractivity contribution in [3.63, 3.8) is 0 Å². The van der Waals surface area contributed by atoms with Crippen LogP contribution in [0.15, 0.2) is 22.7 Å². The van der Waals surface area contributed by atoms with Gasteiger partial charge in [-0.2, -0.15) is 0 Å². The van der Waals surface area contributed by atoms with Gasteiger partial charge in [-0.15, -0.1) is 0 Å². The third-order valence-electron chi connectivity index (χ3n) is 3.03. The van der Waals surface area contributed by atoms with Gasteiger partial charge in [0.15, 0.2) is 0 Å². The first-order valence-corrected chi connectivity index (χ1v) is 6.51. The highest BCUT2D eigenvalue weighted by Gasteiger charge is 2.16. The molecular weight excluding hydrogens is 285 g/mol. The van der Waals surface area contributed by atoms with Gasteiger partial charge in [0.25, 0.3) is 5.91 Å². The molecule has 0 spiro atoms. The van der Waals surface area contributed by atoms with E-state index in [1.807, 2.05) is 6.92 Å². The second-order valence-electron chi connectivity index (χ2n) is 4.27. The number of nitrogens with one attached hydrogen (secondary N) is 1. The molecule has 0 saturated heterocycles. The summed E-state index contributed by atoms with van der Waals surface area (Å²) in [5, 5.41) is 2.88. The molecule has 1 aromatic rings. The standard InChI is InChI=1S/C13H17BrFNO/c1-4-8(2)9(3)16-13(17)11-7-10(15)5-6-12(11)14/h5-9H,4H2,1-3H3,(H,16,17). The van der Waals surface area contributed by atoms with E-state index in [1.54, 1.807) is 0 Å². The highest BCUT2D eigenvalue weighted by Crippen LogP contribution is 2.18. The van der Waals surface area contributed by atoms with E-state index < -0.39 is 5.82 Å². The predicted molar refractivity (Wildman–Crippen MR) is 70.5 cm³/mol. The Labute approximate surface area is 110 Å². The van der Waals surface area contributed by atoms with Gasteiger partial charge >= 0.3 is 0 Å². The van der Waals surface area contributed by atoms with E-state index in [2.05, 4.69) is 35.1 Å². The molecule has 0 radical (unpaired) electrons. The van der Waals surface area contributed by atoms with Crippen molar-refractivity contribution >= 4 is 21.8 Å². The zero-order chi connectivity index (χ0) is 13.0. The van der Waals surface area contributed by atoms with Crippen LogP contribution in [0.1, 0.15) is 37.6 Å². The summed E-state index contributed by atoms with van der Waals surface area (Å²) in [4.78, 5) is 11.9. The third kappa shape index (κ3) is 3.80. The Morgan fingerprint density at radius 3 is 2.71 bits per heavy atom. The first-order valence-electron chi connectivity index (χ1n) is 5.71. The molecular formula is C13H17BrFNO. The number of amides is 1. The molecule has 0 saturated carbocycles. The minimum Gasteiger partial charge on any atom is -0.349 e. The lowest BCUT2D eigenvalue weighted by Gasteiger charge is -2.20. The third-order valence-corrected chi connectivity index (χ3v) is 3.72. The number of carbonyl (C=O) groups is 1. The van der Waals surface area contributed by atoms with E-state index in [9.17, 15) is 9.18 Å². The van der Waals surface area contributed by atoms with Crippen molar-refractivity contribution in [3.05, 3.63) is 34.1 Å². The normalized spacial score (nSPS) is 14.2. The number of halogens is 2. The van der Waals surface area contributed by atoms with Gasteiger partial charge in [-0.25, -0.2) is 4.39 Å². The summed E-state index contributed by atoms with van der Waals surface area (Å²) in [7, 11) is 0. The average molecular weight is 302 g/mol. The molecule has 0 heterocycles. The van der Waals surface area contributed by atoms with Gasteiger partial charge in [-0.05, 0) is 47.0 Å². The zero-order valence-electron chi connectivity index (χ0n) is 10.3. The topological polar surface area (TPSA) is 29.1 Å². The van der Waals surface area contributed by atoms with Crippen molar-refractivity contribution in [2.24, 2.45) is 5.92 Å². The molecule has 17 heavy (non-hydrogen) atoms. The van der Waals surface area contributed by atoms with Crippen LogP contribution in [0.2, 0.25) is 0 Å². The molecule has 0 aliphatic carbocycles. The van der Waals surface area contributed by atoms with Gasteiger partial charge < -0.3 is 5.32 Å². The molecule has 0 aliphatic heterocycles. The highest BCUT2D eigenvalue weighted by molar-refractivity contribution is 9.10. The molecule has 0 fully saturated rings. The Morgan fingerprint density at radius 2 is 2.12 bits per heavy atom. The van der Waals surface area contributed by atoms with Crippen molar-refractivity contribution in [1.82, 2.24) is 5.32 Å². The maximum absolute atomic E-state index is 13.1. The summed E-state index contributed by atoms with van der Waals surface area (Å²) in [5.41, 5.74) is 0.333. The molecule has 2 nitrogen and oxygen atoms in total. The quantitative estimate of drug-likeness (QED) is 0.901. The first kappa shape index (κ1) is 14.2. The summed E-state index contributed by atoms with van der Waals surface area (Å²) in [6, 6.07) is 4.17. The van der Waals surface area contributed by atoms with Crippen LogP contribution in [0.3, 0.4) is 0 Å². The number of rotatable bonds is 4. The minimum atomic E-state index is -0.408. The molecule has 1 N–H and O–H groups in total. The SMILES string of the molecule is CCC(C)C(C)NC(=O)c1cc(F)ccc1Br. The van der Waals surface area contributed by atoms with Crippen molar-refractivity contribution < 1.29 is 9.18 Å². The summed E-state index contributed by atoms with van der Waals surface area (Å²) < 4.78 is 13.7. The Morgan fingerprint density at radius 1 is 1.47 bits per heavy atom. The Kier molecular flexibility index (Phi) is 5.12. The number of hydrogen-bond donors (Lipinski definition) is 1. The number of hydrogen-bond acceptors (Lipinski definition) is 1. The van der Waals surface area contributed by atoms with E-state index in [0.717, 1.165) is 6.42 Å². The molecule has 2 unspecified atom stereocenters. The maximum Gasteiger partial charge on any atom is 0.252 e. The van der Waals surface area contributed by atoms with E-state index >= 15 is 0 Å². The molecule has 0 bridgehead atoms. The fourth-order valence-electron chi connectivity index (χ4n) is 1.45. The first-order chi connectivity index (χ1) is 7.95. The fraction of sp³-hybridized carbons (Fsp3) is 0.462. The van der Waals surface area contributed by atoms with Crippen LogP contribution in [0.25, 0.3) is 0 Å². The van der Waals surface area contributed by atoms with Gasteiger partial charge in [-0.3, -0.25) is 4.79 Å². The molecule has 4 heteroatoms. The van der Waals surface area contributed by atoms with Crippen molar-refractivity contribution in [3.8, 4) is 0 Å². The van der Waals surface area contributed by atoms with Crippen LogP contribution < -0.4 is 5.32 Å². The van der Waals surface area contributed by atoms with Crippen molar-refractivity contribution in [2.75, 3.05) is 0 Å². The molecule has 1 rings (SSSR count). The summed E-state index contributed by atoms with van der Waals surface area (Å²) in [5.74, 6) is -0.259. The smallest absolute Gasteiger partial charge is 0.252 e. The predicted octanol–water partition coefficient (Wildman–Crippen LogP) is 3.75. The fourth-order valence-corrected chi connectivity index (χ4v) is 1.88. The molecule has 0 aliphatic rings. The van der Waals surface area contributed by atoms with Crippen LogP contribution in [0.5, 0.6) is 0 Å². The zero-order valence-corrected chi connectivity index (χ0v) is 11.8. The Hall–Kier alpha value is -0.900. The Balaban J connectivity index is 2.79. The summed E-state index contributed by atoms with van der Waals surface area (Å²) >= 11 is 3.25. The van der Waals surface area contributed by atoms with Crippen LogP contribution in [-0.2, 0) is 0 Å². The van der Waals surface area contributed by atoms with Crippen molar-refractivity contribution in [1.29, 1.82) is 0 Å². The van der Waals surface area contributed by atoms with E-state index in [4.69, 9.17) is 0 Å². The second kappa shape index (κ2) is 6.15. The van der Waals surface area contributed by atoms with Crippen LogP contribution >= 0.6 is 15.9 Å². The number of benzene rings is 1. The lowest BCUT2D eigenvalue weighted by atomic mass is 10.0. The lowest BCUT2D eigenvalue weighted by molar-refractivity contribution is 0.0927. The number of carbonyl (C=O) groups excluding carboxylic acids is 1. The second-order valence-corrected chi connectivity index (χ2v) is 5.13.